The molecule has 2 heteroatoms. The zero-order valence-electron chi connectivity index (χ0n) is 14.4. The summed E-state index contributed by atoms with van der Waals surface area (Å²) in [6, 6.07) is 0. The molecule has 19 heavy (non-hydrogen) atoms. The topological polar surface area (TPSA) is 26.3 Å². The zero-order chi connectivity index (χ0) is 15.3. The lowest BCUT2D eigenvalue weighted by Gasteiger charge is -2.39. The fraction of sp³-hybridized carbons (Fsp3) is 0.941. The molecule has 0 atom stereocenters. The van der Waals surface area contributed by atoms with Crippen molar-refractivity contribution in [1.29, 1.82) is 0 Å². The molecule has 0 aromatic rings. The molecule has 0 unspecified atom stereocenters. The summed E-state index contributed by atoms with van der Waals surface area (Å²) in [6.45, 7) is 18.3. The Morgan fingerprint density at radius 2 is 1.47 bits per heavy atom. The van der Waals surface area contributed by atoms with Gasteiger partial charge in [-0.1, -0.05) is 41.5 Å². The Balaban J connectivity index is 4.15. The maximum absolute atomic E-state index is 11.4. The molecule has 0 bridgehead atoms. The predicted molar refractivity (Wildman–Crippen MR) is 82.4 cm³/mol. The van der Waals surface area contributed by atoms with Crippen molar-refractivity contribution in [2.75, 3.05) is 6.61 Å². The molecule has 0 saturated carbocycles. The van der Waals surface area contributed by atoms with Crippen LogP contribution in [0.3, 0.4) is 0 Å². The summed E-state index contributed by atoms with van der Waals surface area (Å²) in [6.07, 6.45) is 3.12. The maximum Gasteiger partial charge on any atom is 0.132 e. The van der Waals surface area contributed by atoms with Crippen LogP contribution < -0.4 is 0 Å². The van der Waals surface area contributed by atoms with Crippen LogP contribution in [0.15, 0.2) is 0 Å². The second kappa shape index (κ2) is 6.88. The molecule has 0 fully saturated rings. The molecule has 0 aromatic heterocycles. The molecule has 0 spiro atoms. The van der Waals surface area contributed by atoms with Crippen LogP contribution in [0.2, 0.25) is 0 Å². The number of hydrogen-bond donors (Lipinski definition) is 0. The maximum atomic E-state index is 11.4. The number of rotatable bonds is 8. The van der Waals surface area contributed by atoms with Crippen molar-refractivity contribution < 1.29 is 9.53 Å². The van der Waals surface area contributed by atoms with E-state index in [1.165, 1.54) is 0 Å². The normalized spacial score (nSPS) is 13.7. The Bertz CT molecular complexity index is 282. The third-order valence-corrected chi connectivity index (χ3v) is 4.65. The average molecular weight is 270 g/mol. The third-order valence-electron chi connectivity index (χ3n) is 4.65. The van der Waals surface area contributed by atoms with E-state index in [0.717, 1.165) is 19.4 Å². The fourth-order valence-electron chi connectivity index (χ4n) is 1.65. The Labute approximate surface area is 120 Å². The van der Waals surface area contributed by atoms with Crippen molar-refractivity contribution in [2.24, 2.45) is 10.8 Å². The molecular weight excluding hydrogens is 236 g/mol. The molecule has 0 N–H and O–H groups in total. The van der Waals surface area contributed by atoms with E-state index in [1.54, 1.807) is 0 Å². The SMILES string of the molecule is CCC(=O)CCC(C)(C)OCCC(C)(C)C(C)(C)C. The van der Waals surface area contributed by atoms with Crippen molar-refractivity contribution >= 4 is 5.78 Å². The smallest absolute Gasteiger partial charge is 0.132 e. The summed E-state index contributed by atoms with van der Waals surface area (Å²) in [5, 5.41) is 0. The standard InChI is InChI=1S/C17H34O2/c1-9-14(18)10-11-17(7,8)19-13-12-16(5,6)15(2,3)4/h9-13H2,1-8H3. The first kappa shape index (κ1) is 18.6. The summed E-state index contributed by atoms with van der Waals surface area (Å²) in [5.41, 5.74) is 0.333. The van der Waals surface area contributed by atoms with Gasteiger partial charge in [0.05, 0.1) is 5.60 Å². The largest absolute Gasteiger partial charge is 0.376 e. The van der Waals surface area contributed by atoms with E-state index >= 15 is 0 Å². The summed E-state index contributed by atoms with van der Waals surface area (Å²) in [5.74, 6) is 0.326. The van der Waals surface area contributed by atoms with Gasteiger partial charge in [0.15, 0.2) is 0 Å². The van der Waals surface area contributed by atoms with Crippen molar-refractivity contribution in [1.82, 2.24) is 0 Å². The van der Waals surface area contributed by atoms with Gasteiger partial charge < -0.3 is 4.74 Å². The second-order valence-electron chi connectivity index (χ2n) is 7.88. The number of carbonyl (C=O) groups is 1. The molecule has 0 aromatic carbocycles. The van der Waals surface area contributed by atoms with Crippen LogP contribution in [0, 0.1) is 10.8 Å². The number of ketones is 1. The minimum atomic E-state index is -0.196. The highest BCUT2D eigenvalue weighted by molar-refractivity contribution is 5.78. The van der Waals surface area contributed by atoms with Gasteiger partial charge in [0.1, 0.15) is 5.78 Å². The van der Waals surface area contributed by atoms with E-state index in [9.17, 15) is 4.79 Å². The van der Waals surface area contributed by atoms with Gasteiger partial charge in [-0.3, -0.25) is 4.79 Å². The first-order valence-electron chi connectivity index (χ1n) is 7.57. The Morgan fingerprint density at radius 3 is 1.89 bits per heavy atom. The minimum Gasteiger partial charge on any atom is -0.376 e. The van der Waals surface area contributed by atoms with Crippen LogP contribution in [0.4, 0.5) is 0 Å². The van der Waals surface area contributed by atoms with Crippen molar-refractivity contribution in [3.8, 4) is 0 Å². The van der Waals surface area contributed by atoms with Crippen molar-refractivity contribution in [2.45, 2.75) is 86.7 Å². The van der Waals surface area contributed by atoms with Gasteiger partial charge in [-0.15, -0.1) is 0 Å². The van der Waals surface area contributed by atoms with Gasteiger partial charge in [0, 0.05) is 19.4 Å². The van der Waals surface area contributed by atoms with Crippen molar-refractivity contribution in [3.63, 3.8) is 0 Å². The highest BCUT2D eigenvalue weighted by Gasteiger charge is 2.32. The molecule has 0 radical (unpaired) electrons. The van der Waals surface area contributed by atoms with E-state index < -0.39 is 0 Å². The molecule has 114 valence electrons. The molecule has 0 aliphatic rings. The number of carbonyl (C=O) groups excluding carboxylic acids is 1. The van der Waals surface area contributed by atoms with Crippen LogP contribution in [-0.2, 0) is 9.53 Å². The van der Waals surface area contributed by atoms with Crippen LogP contribution >= 0.6 is 0 Å². The van der Waals surface area contributed by atoms with E-state index in [1.807, 2.05) is 6.92 Å². The summed E-state index contributed by atoms with van der Waals surface area (Å²) >= 11 is 0. The number of Topliss-reactive ketones (excluding diaryl/α,β-unsaturated/α-hetero) is 1. The highest BCUT2D eigenvalue weighted by atomic mass is 16.5. The third kappa shape index (κ3) is 7.10. The Morgan fingerprint density at radius 1 is 0.947 bits per heavy atom. The van der Waals surface area contributed by atoms with E-state index in [4.69, 9.17) is 4.74 Å². The van der Waals surface area contributed by atoms with E-state index in [0.29, 0.717) is 18.6 Å². The van der Waals surface area contributed by atoms with E-state index in [-0.39, 0.29) is 16.4 Å². The first-order chi connectivity index (χ1) is 8.41. The van der Waals surface area contributed by atoms with Crippen LogP contribution in [-0.4, -0.2) is 18.0 Å². The van der Waals surface area contributed by atoms with E-state index in [2.05, 4.69) is 48.5 Å². The lowest BCUT2D eigenvalue weighted by atomic mass is 9.67. The molecule has 0 heterocycles. The molecule has 0 rings (SSSR count). The Hall–Kier alpha value is -0.370. The lowest BCUT2D eigenvalue weighted by molar-refractivity contribution is -0.120. The van der Waals surface area contributed by atoms with Gasteiger partial charge in [-0.25, -0.2) is 0 Å². The fourth-order valence-corrected chi connectivity index (χ4v) is 1.65. The zero-order valence-corrected chi connectivity index (χ0v) is 14.4. The lowest BCUT2D eigenvalue weighted by Crippen LogP contribution is -2.33. The quantitative estimate of drug-likeness (QED) is 0.620. The molecule has 2 nitrogen and oxygen atoms in total. The van der Waals surface area contributed by atoms with Crippen LogP contribution in [0.5, 0.6) is 0 Å². The summed E-state index contributed by atoms with van der Waals surface area (Å²) in [7, 11) is 0. The predicted octanol–water partition coefficient (Wildman–Crippen LogP) is 5.00. The second-order valence-corrected chi connectivity index (χ2v) is 7.88. The van der Waals surface area contributed by atoms with Crippen molar-refractivity contribution in [3.05, 3.63) is 0 Å². The summed E-state index contributed by atoms with van der Waals surface area (Å²) in [4.78, 5) is 11.4. The molecule has 0 amide bonds. The molecule has 0 aliphatic heterocycles. The highest BCUT2D eigenvalue weighted by Crippen LogP contribution is 2.40. The monoisotopic (exact) mass is 270 g/mol. The molecular formula is C17H34O2. The van der Waals surface area contributed by atoms with Gasteiger partial charge in [0.2, 0.25) is 0 Å². The van der Waals surface area contributed by atoms with Crippen LogP contribution in [0.25, 0.3) is 0 Å². The average Bonchev–Trinajstić information content (AvgIpc) is 2.23. The Kier molecular flexibility index (Phi) is 6.74. The number of hydrogen-bond acceptors (Lipinski definition) is 2. The van der Waals surface area contributed by atoms with Gasteiger partial charge in [-0.2, -0.15) is 0 Å². The van der Waals surface area contributed by atoms with Gasteiger partial charge in [-0.05, 0) is 37.5 Å². The number of ether oxygens (including phenoxy) is 1. The van der Waals surface area contributed by atoms with Crippen LogP contribution in [0.1, 0.15) is 81.1 Å². The first-order valence-corrected chi connectivity index (χ1v) is 7.57. The molecule has 0 aliphatic carbocycles. The minimum absolute atomic E-state index is 0.196. The molecule has 0 saturated heterocycles. The van der Waals surface area contributed by atoms with Gasteiger partial charge >= 0.3 is 0 Å². The van der Waals surface area contributed by atoms with Gasteiger partial charge in [0.25, 0.3) is 0 Å². The summed E-state index contributed by atoms with van der Waals surface area (Å²) < 4.78 is 6.00.